The van der Waals surface area contributed by atoms with E-state index in [9.17, 15) is 0 Å². The molecule has 0 aliphatic heterocycles. The molecule has 0 spiro atoms. The van der Waals surface area contributed by atoms with E-state index >= 15 is 0 Å². The van der Waals surface area contributed by atoms with Crippen molar-refractivity contribution in [1.29, 1.82) is 0 Å². The van der Waals surface area contributed by atoms with E-state index < -0.39 is 0 Å². The molecule has 2 rings (SSSR count). The van der Waals surface area contributed by atoms with Gasteiger partial charge in [-0.3, -0.25) is 16.0 Å². The summed E-state index contributed by atoms with van der Waals surface area (Å²) in [4.78, 5) is 0. The molecule has 0 saturated heterocycles. The van der Waals surface area contributed by atoms with Crippen molar-refractivity contribution in [3.63, 3.8) is 0 Å². The number of halogens is 1. The summed E-state index contributed by atoms with van der Waals surface area (Å²) in [5, 5.41) is 5.12. The van der Waals surface area contributed by atoms with Crippen molar-refractivity contribution in [3.8, 4) is 0 Å². The van der Waals surface area contributed by atoms with Gasteiger partial charge in [-0.25, -0.2) is 0 Å². The van der Waals surface area contributed by atoms with Gasteiger partial charge in [0.25, 0.3) is 0 Å². The number of hydrazine groups is 1. The molecule has 0 aliphatic carbocycles. The molecule has 0 aliphatic rings. The van der Waals surface area contributed by atoms with Crippen molar-refractivity contribution in [1.82, 2.24) is 15.2 Å². The fourth-order valence-corrected chi connectivity index (χ4v) is 2.35. The molecule has 0 radical (unpaired) electrons. The summed E-state index contributed by atoms with van der Waals surface area (Å²) in [5.74, 6) is 5.59. The Bertz CT molecular complexity index is 506. The van der Waals surface area contributed by atoms with Crippen LogP contribution in [-0.4, -0.2) is 9.78 Å². The van der Waals surface area contributed by atoms with Crippen molar-refractivity contribution < 1.29 is 4.42 Å². The molecule has 1 atom stereocenters. The molecule has 0 aromatic carbocycles. The predicted molar refractivity (Wildman–Crippen MR) is 70.1 cm³/mol. The van der Waals surface area contributed by atoms with Gasteiger partial charge in [0.15, 0.2) is 0 Å². The lowest BCUT2D eigenvalue weighted by molar-refractivity contribution is 0.512. The van der Waals surface area contributed by atoms with Crippen LogP contribution in [-0.2, 0) is 19.9 Å². The van der Waals surface area contributed by atoms with Crippen LogP contribution in [0.25, 0.3) is 0 Å². The van der Waals surface area contributed by atoms with Crippen molar-refractivity contribution in [2.24, 2.45) is 12.9 Å². The summed E-state index contributed by atoms with van der Waals surface area (Å²) in [6, 6.07) is 1.84. The fourth-order valence-electron chi connectivity index (χ4n) is 1.98. The number of nitrogens with two attached hydrogens (primary N) is 1. The first-order valence-electron chi connectivity index (χ1n) is 5.85. The van der Waals surface area contributed by atoms with Gasteiger partial charge in [-0.1, -0.05) is 18.5 Å². The molecule has 0 amide bonds. The van der Waals surface area contributed by atoms with Gasteiger partial charge in [-0.15, -0.1) is 0 Å². The van der Waals surface area contributed by atoms with E-state index in [1.807, 2.05) is 24.7 Å². The van der Waals surface area contributed by atoms with Gasteiger partial charge in [0.1, 0.15) is 0 Å². The molecule has 1 unspecified atom stereocenters. The SMILES string of the molecule is CCc1nn(C)c(CC(NN)c2ccoc2)c1Cl. The Morgan fingerprint density at radius 2 is 2.39 bits per heavy atom. The van der Waals surface area contributed by atoms with Gasteiger partial charge >= 0.3 is 0 Å². The molecular weight excluding hydrogens is 252 g/mol. The van der Waals surface area contributed by atoms with Crippen molar-refractivity contribution in [2.45, 2.75) is 25.8 Å². The molecule has 0 bridgehead atoms. The maximum atomic E-state index is 6.32. The summed E-state index contributed by atoms with van der Waals surface area (Å²) in [6.45, 7) is 2.03. The Balaban J connectivity index is 2.25. The van der Waals surface area contributed by atoms with Crippen LogP contribution < -0.4 is 11.3 Å². The van der Waals surface area contributed by atoms with E-state index in [1.165, 1.54) is 0 Å². The first-order valence-corrected chi connectivity index (χ1v) is 6.23. The number of aryl methyl sites for hydroxylation is 2. The Morgan fingerprint density at radius 3 is 2.89 bits per heavy atom. The minimum atomic E-state index is -0.0404. The van der Waals surface area contributed by atoms with Gasteiger partial charge < -0.3 is 4.42 Å². The van der Waals surface area contributed by atoms with Gasteiger partial charge in [0, 0.05) is 19.0 Å². The highest BCUT2D eigenvalue weighted by molar-refractivity contribution is 6.31. The van der Waals surface area contributed by atoms with Gasteiger partial charge in [0.05, 0.1) is 35.0 Å². The average molecular weight is 269 g/mol. The predicted octanol–water partition coefficient (Wildman–Crippen LogP) is 1.98. The molecule has 18 heavy (non-hydrogen) atoms. The van der Waals surface area contributed by atoms with Crippen LogP contribution in [0.1, 0.15) is 29.9 Å². The van der Waals surface area contributed by atoms with Crippen molar-refractivity contribution >= 4 is 11.6 Å². The van der Waals surface area contributed by atoms with E-state index in [0.29, 0.717) is 6.42 Å². The van der Waals surface area contributed by atoms with Crippen LogP contribution in [0.4, 0.5) is 0 Å². The normalized spacial score (nSPS) is 12.9. The number of furan rings is 1. The Kier molecular flexibility index (Phi) is 4.06. The van der Waals surface area contributed by atoms with Gasteiger partial charge in [-0.05, 0) is 12.5 Å². The molecule has 0 fully saturated rings. The summed E-state index contributed by atoms with van der Waals surface area (Å²) < 4.78 is 6.88. The van der Waals surface area contributed by atoms with E-state index in [-0.39, 0.29) is 6.04 Å². The fraction of sp³-hybridized carbons (Fsp3) is 0.417. The van der Waals surface area contributed by atoms with Crippen LogP contribution >= 0.6 is 11.6 Å². The second-order valence-electron chi connectivity index (χ2n) is 4.16. The van der Waals surface area contributed by atoms with Crippen molar-refractivity contribution in [2.75, 3.05) is 0 Å². The lowest BCUT2D eigenvalue weighted by Gasteiger charge is -2.14. The summed E-state index contributed by atoms with van der Waals surface area (Å²) in [7, 11) is 1.89. The quantitative estimate of drug-likeness (QED) is 0.643. The van der Waals surface area contributed by atoms with Crippen LogP contribution in [0.5, 0.6) is 0 Å². The number of hydrogen-bond acceptors (Lipinski definition) is 4. The molecular formula is C12H17ClN4O. The van der Waals surface area contributed by atoms with E-state index in [0.717, 1.165) is 28.4 Å². The van der Waals surface area contributed by atoms with E-state index in [2.05, 4.69) is 10.5 Å². The highest BCUT2D eigenvalue weighted by atomic mass is 35.5. The molecule has 6 heteroatoms. The third kappa shape index (κ3) is 2.43. The highest BCUT2D eigenvalue weighted by Gasteiger charge is 2.19. The summed E-state index contributed by atoms with van der Waals surface area (Å²) in [5.41, 5.74) is 5.65. The number of nitrogens with one attached hydrogen (secondary N) is 1. The van der Waals surface area contributed by atoms with Crippen molar-refractivity contribution in [3.05, 3.63) is 40.6 Å². The number of nitrogens with zero attached hydrogens (tertiary/aromatic N) is 2. The molecule has 98 valence electrons. The maximum Gasteiger partial charge on any atom is 0.0951 e. The second kappa shape index (κ2) is 5.56. The first-order chi connectivity index (χ1) is 8.67. The molecule has 2 aromatic rings. The molecule has 2 heterocycles. The lowest BCUT2D eigenvalue weighted by Crippen LogP contribution is -2.29. The van der Waals surface area contributed by atoms with Gasteiger partial charge in [0.2, 0.25) is 0 Å². The minimum Gasteiger partial charge on any atom is -0.472 e. The maximum absolute atomic E-state index is 6.32. The van der Waals surface area contributed by atoms with Crippen LogP contribution in [0.2, 0.25) is 5.02 Å². The minimum absolute atomic E-state index is 0.0404. The molecule has 0 saturated carbocycles. The third-order valence-corrected chi connectivity index (χ3v) is 3.48. The largest absolute Gasteiger partial charge is 0.472 e. The Morgan fingerprint density at radius 1 is 1.61 bits per heavy atom. The molecule has 2 aromatic heterocycles. The topological polar surface area (TPSA) is 69.0 Å². The monoisotopic (exact) mass is 268 g/mol. The second-order valence-corrected chi connectivity index (χ2v) is 4.54. The van der Waals surface area contributed by atoms with E-state index in [4.69, 9.17) is 21.9 Å². The number of hydrogen-bond donors (Lipinski definition) is 2. The lowest BCUT2D eigenvalue weighted by atomic mass is 10.1. The smallest absolute Gasteiger partial charge is 0.0951 e. The summed E-state index contributed by atoms with van der Waals surface area (Å²) >= 11 is 6.32. The van der Waals surface area contributed by atoms with E-state index in [1.54, 1.807) is 12.5 Å². The third-order valence-electron chi connectivity index (χ3n) is 3.05. The number of aromatic nitrogens is 2. The summed E-state index contributed by atoms with van der Waals surface area (Å²) in [6.07, 6.45) is 4.79. The van der Waals surface area contributed by atoms with Crippen LogP contribution in [0, 0.1) is 0 Å². The van der Waals surface area contributed by atoms with Crippen LogP contribution in [0.15, 0.2) is 23.0 Å². The Hall–Kier alpha value is -1.30. The first kappa shape index (κ1) is 13.1. The zero-order valence-electron chi connectivity index (χ0n) is 10.5. The molecule has 5 nitrogen and oxygen atoms in total. The Labute approximate surface area is 111 Å². The highest BCUT2D eigenvalue weighted by Crippen LogP contribution is 2.26. The van der Waals surface area contributed by atoms with Crippen LogP contribution in [0.3, 0.4) is 0 Å². The number of rotatable bonds is 5. The molecule has 3 N–H and O–H groups in total. The zero-order chi connectivity index (χ0) is 13.1. The average Bonchev–Trinajstić information content (AvgIpc) is 2.97. The van der Waals surface area contributed by atoms with Gasteiger partial charge in [-0.2, -0.15) is 5.10 Å². The standard InChI is InChI=1S/C12H17ClN4O/c1-3-9-12(13)11(17(2)16-9)6-10(15-14)8-4-5-18-7-8/h4-5,7,10,15H,3,6,14H2,1-2H3. The zero-order valence-corrected chi connectivity index (χ0v) is 11.2.